The average molecular weight is 356 g/mol. The van der Waals surface area contributed by atoms with Gasteiger partial charge >= 0.3 is 6.03 Å². The summed E-state index contributed by atoms with van der Waals surface area (Å²) >= 11 is 0. The molecule has 0 saturated carbocycles. The molecule has 1 unspecified atom stereocenters. The number of hydrogen-bond acceptors (Lipinski definition) is 4. The van der Waals surface area contributed by atoms with Gasteiger partial charge in [0.25, 0.3) is 0 Å². The first kappa shape index (κ1) is 18.4. The molecular formula is C19H28N6O. The fourth-order valence-corrected chi connectivity index (χ4v) is 3.61. The molecule has 1 aliphatic heterocycles. The van der Waals surface area contributed by atoms with Crippen molar-refractivity contribution in [2.45, 2.75) is 40.2 Å². The number of rotatable bonds is 5. The Kier molecular flexibility index (Phi) is 5.56. The van der Waals surface area contributed by atoms with Crippen LogP contribution in [0.1, 0.15) is 31.7 Å². The van der Waals surface area contributed by atoms with E-state index in [2.05, 4.69) is 34.1 Å². The minimum Gasteiger partial charge on any atom is -0.323 e. The van der Waals surface area contributed by atoms with Crippen molar-refractivity contribution in [2.24, 2.45) is 0 Å². The summed E-state index contributed by atoms with van der Waals surface area (Å²) in [7, 11) is 0. The van der Waals surface area contributed by atoms with Crippen LogP contribution in [0.15, 0.2) is 24.4 Å². The lowest BCUT2D eigenvalue weighted by atomic mass is 10.2. The van der Waals surface area contributed by atoms with E-state index in [0.29, 0.717) is 11.7 Å². The highest BCUT2D eigenvalue weighted by Crippen LogP contribution is 2.18. The van der Waals surface area contributed by atoms with Crippen LogP contribution in [0.3, 0.4) is 0 Å². The van der Waals surface area contributed by atoms with Gasteiger partial charge in [-0.2, -0.15) is 5.10 Å². The van der Waals surface area contributed by atoms with Crippen LogP contribution >= 0.6 is 0 Å². The number of amides is 2. The Morgan fingerprint density at radius 3 is 2.65 bits per heavy atom. The number of aromatic nitrogens is 3. The SMILES string of the molecule is CCN(CC)C1CCN(C(=O)Nc2ccc(-n3nc(C)cc3C)nc2)C1. The molecule has 0 aromatic carbocycles. The zero-order valence-electron chi connectivity index (χ0n) is 16.1. The Morgan fingerprint density at radius 2 is 2.08 bits per heavy atom. The third-order valence-electron chi connectivity index (χ3n) is 5.01. The van der Waals surface area contributed by atoms with Gasteiger partial charge in [0, 0.05) is 24.8 Å². The van der Waals surface area contributed by atoms with E-state index in [1.54, 1.807) is 10.9 Å². The van der Waals surface area contributed by atoms with E-state index in [0.717, 1.165) is 49.8 Å². The Bertz CT molecular complexity index is 750. The average Bonchev–Trinajstić information content (AvgIpc) is 3.24. The predicted octanol–water partition coefficient (Wildman–Crippen LogP) is 2.83. The first-order valence-electron chi connectivity index (χ1n) is 9.31. The molecule has 140 valence electrons. The molecular weight excluding hydrogens is 328 g/mol. The molecule has 2 amide bonds. The van der Waals surface area contributed by atoms with Gasteiger partial charge in [-0.3, -0.25) is 4.90 Å². The minimum atomic E-state index is -0.0553. The zero-order valence-corrected chi connectivity index (χ0v) is 16.1. The molecule has 0 radical (unpaired) electrons. The fourth-order valence-electron chi connectivity index (χ4n) is 3.61. The van der Waals surface area contributed by atoms with E-state index in [1.807, 2.05) is 36.9 Å². The first-order valence-corrected chi connectivity index (χ1v) is 9.31. The molecule has 0 bridgehead atoms. The lowest BCUT2D eigenvalue weighted by molar-refractivity contribution is 0.202. The van der Waals surface area contributed by atoms with Crippen molar-refractivity contribution >= 4 is 11.7 Å². The van der Waals surface area contributed by atoms with E-state index in [4.69, 9.17) is 0 Å². The molecule has 0 spiro atoms. The van der Waals surface area contributed by atoms with Gasteiger partial charge in [-0.25, -0.2) is 14.5 Å². The molecule has 1 aliphatic rings. The smallest absolute Gasteiger partial charge is 0.321 e. The molecule has 3 heterocycles. The number of hydrogen-bond donors (Lipinski definition) is 1. The van der Waals surface area contributed by atoms with Gasteiger partial charge in [-0.1, -0.05) is 13.8 Å². The summed E-state index contributed by atoms with van der Waals surface area (Å²) in [6.45, 7) is 11.9. The number of likely N-dealkylation sites (tertiary alicyclic amines) is 1. The maximum absolute atomic E-state index is 12.5. The van der Waals surface area contributed by atoms with Crippen molar-refractivity contribution < 1.29 is 4.79 Å². The number of urea groups is 1. The van der Waals surface area contributed by atoms with Gasteiger partial charge in [0.2, 0.25) is 0 Å². The van der Waals surface area contributed by atoms with Crippen molar-refractivity contribution in [1.82, 2.24) is 24.6 Å². The summed E-state index contributed by atoms with van der Waals surface area (Å²) < 4.78 is 1.80. The molecule has 1 atom stereocenters. The van der Waals surface area contributed by atoms with Crippen molar-refractivity contribution in [3.63, 3.8) is 0 Å². The van der Waals surface area contributed by atoms with Gasteiger partial charge in [0.1, 0.15) is 0 Å². The number of carbonyl (C=O) groups excluding carboxylic acids is 1. The third-order valence-corrected chi connectivity index (χ3v) is 5.01. The number of aryl methyl sites for hydroxylation is 2. The highest BCUT2D eigenvalue weighted by atomic mass is 16.2. The summed E-state index contributed by atoms with van der Waals surface area (Å²) in [5.74, 6) is 0.747. The van der Waals surface area contributed by atoms with E-state index in [1.165, 1.54) is 0 Å². The standard InChI is InChI=1S/C19H28N6O/c1-5-23(6-2)17-9-10-24(13-17)19(26)21-16-7-8-18(20-12-16)25-15(4)11-14(3)22-25/h7-8,11-12,17H,5-6,9-10,13H2,1-4H3,(H,21,26). The van der Waals surface area contributed by atoms with Crippen LogP contribution < -0.4 is 5.32 Å². The topological polar surface area (TPSA) is 66.3 Å². The lowest BCUT2D eigenvalue weighted by Crippen LogP contribution is -2.39. The number of anilines is 1. The molecule has 1 N–H and O–H groups in total. The van der Waals surface area contributed by atoms with E-state index < -0.39 is 0 Å². The van der Waals surface area contributed by atoms with Crippen molar-refractivity contribution in [3.05, 3.63) is 35.8 Å². The summed E-state index contributed by atoms with van der Waals surface area (Å²) in [6.07, 6.45) is 2.71. The van der Waals surface area contributed by atoms with Crippen LogP contribution in [0.2, 0.25) is 0 Å². The summed E-state index contributed by atoms with van der Waals surface area (Å²) in [5, 5.41) is 7.38. The maximum Gasteiger partial charge on any atom is 0.321 e. The highest BCUT2D eigenvalue weighted by molar-refractivity contribution is 5.89. The Hall–Kier alpha value is -2.41. The minimum absolute atomic E-state index is 0.0553. The molecule has 1 saturated heterocycles. The Balaban J connectivity index is 1.61. The van der Waals surface area contributed by atoms with Crippen LogP contribution in [0.4, 0.5) is 10.5 Å². The summed E-state index contributed by atoms with van der Waals surface area (Å²) in [6, 6.07) is 6.16. The summed E-state index contributed by atoms with van der Waals surface area (Å²) in [5.41, 5.74) is 2.69. The van der Waals surface area contributed by atoms with Crippen LogP contribution in [-0.2, 0) is 0 Å². The molecule has 1 fully saturated rings. The number of carbonyl (C=O) groups is 1. The molecule has 7 heteroatoms. The monoisotopic (exact) mass is 356 g/mol. The Morgan fingerprint density at radius 1 is 1.31 bits per heavy atom. The largest absolute Gasteiger partial charge is 0.323 e. The molecule has 26 heavy (non-hydrogen) atoms. The second-order valence-corrected chi connectivity index (χ2v) is 6.78. The van der Waals surface area contributed by atoms with Crippen LogP contribution in [0, 0.1) is 13.8 Å². The molecule has 0 aliphatic carbocycles. The van der Waals surface area contributed by atoms with Crippen LogP contribution in [-0.4, -0.2) is 62.8 Å². The fraction of sp³-hybridized carbons (Fsp3) is 0.526. The number of pyridine rings is 1. The van der Waals surface area contributed by atoms with Crippen LogP contribution in [0.5, 0.6) is 0 Å². The highest BCUT2D eigenvalue weighted by Gasteiger charge is 2.29. The van der Waals surface area contributed by atoms with Crippen molar-refractivity contribution in [1.29, 1.82) is 0 Å². The maximum atomic E-state index is 12.5. The van der Waals surface area contributed by atoms with Crippen molar-refractivity contribution in [2.75, 3.05) is 31.5 Å². The van der Waals surface area contributed by atoms with E-state index in [-0.39, 0.29) is 6.03 Å². The van der Waals surface area contributed by atoms with E-state index in [9.17, 15) is 4.79 Å². The van der Waals surface area contributed by atoms with E-state index >= 15 is 0 Å². The van der Waals surface area contributed by atoms with Gasteiger partial charge < -0.3 is 10.2 Å². The van der Waals surface area contributed by atoms with Gasteiger partial charge in [0.15, 0.2) is 5.82 Å². The number of nitrogens with zero attached hydrogens (tertiary/aromatic N) is 5. The predicted molar refractivity (Wildman–Crippen MR) is 103 cm³/mol. The second kappa shape index (κ2) is 7.86. The number of likely N-dealkylation sites (N-methyl/N-ethyl adjacent to an activating group) is 1. The zero-order chi connectivity index (χ0) is 18.7. The second-order valence-electron chi connectivity index (χ2n) is 6.78. The quantitative estimate of drug-likeness (QED) is 0.895. The first-order chi connectivity index (χ1) is 12.5. The molecule has 2 aromatic heterocycles. The Labute approximate surface area is 155 Å². The molecule has 3 rings (SSSR count). The molecule has 7 nitrogen and oxygen atoms in total. The lowest BCUT2D eigenvalue weighted by Gasteiger charge is -2.26. The normalized spacial score (nSPS) is 17.1. The van der Waals surface area contributed by atoms with Crippen LogP contribution in [0.25, 0.3) is 5.82 Å². The van der Waals surface area contributed by atoms with Gasteiger partial charge in [-0.05, 0) is 51.6 Å². The van der Waals surface area contributed by atoms with Gasteiger partial charge in [0.05, 0.1) is 17.6 Å². The molecule has 2 aromatic rings. The summed E-state index contributed by atoms with van der Waals surface area (Å²) in [4.78, 5) is 21.3. The van der Waals surface area contributed by atoms with Gasteiger partial charge in [-0.15, -0.1) is 0 Å². The number of nitrogens with one attached hydrogen (secondary N) is 1. The third kappa shape index (κ3) is 3.88. The van der Waals surface area contributed by atoms with Crippen molar-refractivity contribution in [3.8, 4) is 5.82 Å².